The third kappa shape index (κ3) is 26.9. The highest BCUT2D eigenvalue weighted by Gasteiger charge is 2.38. The molecule has 28 heteroatoms. The van der Waals surface area contributed by atoms with Crippen molar-refractivity contribution in [2.45, 2.75) is 110 Å². The number of methoxy groups -OCH3 is 2. The maximum atomic E-state index is 13.7. The Balaban J connectivity index is 0.609. The Morgan fingerprint density at radius 2 is 1.18 bits per heavy atom. The van der Waals surface area contributed by atoms with Crippen LogP contribution in [-0.2, 0) is 63.5 Å². The van der Waals surface area contributed by atoms with E-state index in [0.717, 1.165) is 17.6 Å². The standard InChI is InChI=1S/C76H102N8O20/c1-51(2)72(83-71(88)21-26-95-28-30-97-32-34-99-36-38-101-40-41-102-39-37-100-35-33-98-31-29-96-27-23-78-70(87)12-7-6-10-55-43-60(85)19-20-65(55)86)75(91)81-52(3)73(89)82-58-17-15-53(16-18-58)56-11-8-22-77-63-46-68(66(93-4)44-61(63)74(90)80-48-56)103-24-9-25-104-69-47-64-62(45-67(69)94-5)76(92)84-50-57(54-13-14-54)42-59(84)49-79-64/h15-20,22,43-52,54,59,72,85-86H,6-14,21,23-42H2,1-5H3,(H,78,87)(H,80,90)(H,81,91)(H,82,89)(H,83,88). The predicted molar refractivity (Wildman–Crippen MR) is 389 cm³/mol. The van der Waals surface area contributed by atoms with Crippen LogP contribution < -0.4 is 45.5 Å². The molecule has 3 unspecified atom stereocenters. The number of unbranched alkanes of at least 4 members (excludes halogenated alkanes) is 1. The molecule has 1 aliphatic carbocycles. The number of hydrogen-bond acceptors (Lipinski definition) is 22. The number of phenols is 2. The summed E-state index contributed by atoms with van der Waals surface area (Å²) in [5.41, 5.74) is 5.76. The van der Waals surface area contributed by atoms with Gasteiger partial charge in [0, 0.05) is 68.5 Å². The highest BCUT2D eigenvalue weighted by Crippen LogP contribution is 2.45. The van der Waals surface area contributed by atoms with Crippen molar-refractivity contribution in [1.82, 2.24) is 26.2 Å². The van der Waals surface area contributed by atoms with Gasteiger partial charge >= 0.3 is 0 Å². The minimum absolute atomic E-state index is 0.0152. The number of carbonyl (C=O) groups excluding carboxylic acids is 6. The van der Waals surface area contributed by atoms with E-state index >= 15 is 0 Å². The number of anilines is 1. The number of aryl methyl sites for hydroxylation is 1. The van der Waals surface area contributed by atoms with Gasteiger partial charge in [0.25, 0.3) is 11.8 Å². The second kappa shape index (κ2) is 44.0. The zero-order valence-electron chi connectivity index (χ0n) is 60.3. The Morgan fingerprint density at radius 1 is 0.606 bits per heavy atom. The van der Waals surface area contributed by atoms with Crippen LogP contribution in [0.1, 0.15) is 117 Å². The summed E-state index contributed by atoms with van der Waals surface area (Å²) in [5, 5.41) is 33.5. The van der Waals surface area contributed by atoms with E-state index in [1.807, 2.05) is 24.5 Å². The summed E-state index contributed by atoms with van der Waals surface area (Å²) in [4.78, 5) is 90.2. The Hall–Kier alpha value is -9.00. The molecule has 3 aliphatic heterocycles. The van der Waals surface area contributed by atoms with Gasteiger partial charge < -0.3 is 98.5 Å². The summed E-state index contributed by atoms with van der Waals surface area (Å²) in [6, 6.07) is 16.3. The third-order valence-corrected chi connectivity index (χ3v) is 17.2. The molecule has 8 rings (SSSR count). The van der Waals surface area contributed by atoms with Crippen LogP contribution in [0, 0.1) is 11.8 Å². The molecule has 0 spiro atoms. The Morgan fingerprint density at radius 3 is 1.77 bits per heavy atom. The van der Waals surface area contributed by atoms with Crippen molar-refractivity contribution in [3.8, 4) is 34.5 Å². The molecule has 0 radical (unpaired) electrons. The van der Waals surface area contributed by atoms with Crippen molar-refractivity contribution in [2.75, 3.05) is 145 Å². The number of nitrogens with zero attached hydrogens (tertiary/aromatic N) is 3. The zero-order valence-corrected chi connectivity index (χ0v) is 60.3. The smallest absolute Gasteiger partial charge is 0.260 e. The number of phenolic OH excluding ortho intramolecular Hbond substituents is 2. The molecule has 566 valence electrons. The topological polar surface area (TPSA) is 342 Å². The minimum atomic E-state index is -0.943. The summed E-state index contributed by atoms with van der Waals surface area (Å²) in [5.74, 6) is 0.256. The lowest BCUT2D eigenvalue weighted by Crippen LogP contribution is -2.53. The van der Waals surface area contributed by atoms with Crippen LogP contribution in [0.15, 0.2) is 94.7 Å². The Kier molecular flexibility index (Phi) is 34.1. The number of benzene rings is 4. The van der Waals surface area contributed by atoms with Crippen molar-refractivity contribution in [1.29, 1.82) is 0 Å². The van der Waals surface area contributed by atoms with Gasteiger partial charge in [-0.2, -0.15) is 0 Å². The van der Waals surface area contributed by atoms with Crippen LogP contribution in [0.25, 0.3) is 5.57 Å². The first-order valence-corrected chi connectivity index (χ1v) is 35.8. The second-order valence-corrected chi connectivity index (χ2v) is 25.4. The molecule has 104 heavy (non-hydrogen) atoms. The highest BCUT2D eigenvalue weighted by atomic mass is 16.6. The van der Waals surface area contributed by atoms with Crippen LogP contribution in [0.2, 0.25) is 0 Å². The summed E-state index contributed by atoms with van der Waals surface area (Å²) >= 11 is 0. The van der Waals surface area contributed by atoms with Gasteiger partial charge in [-0.3, -0.25) is 38.8 Å². The van der Waals surface area contributed by atoms with Gasteiger partial charge in [-0.15, -0.1) is 0 Å². The van der Waals surface area contributed by atoms with Crippen molar-refractivity contribution in [3.05, 3.63) is 107 Å². The lowest BCUT2D eigenvalue weighted by atomic mass is 10.0. The summed E-state index contributed by atoms with van der Waals surface area (Å²) in [7, 11) is 3.03. The molecule has 4 aromatic rings. The maximum absolute atomic E-state index is 13.7. The van der Waals surface area contributed by atoms with Crippen molar-refractivity contribution < 1.29 is 95.8 Å². The molecule has 3 heterocycles. The molecular weight excluding hydrogens is 1340 g/mol. The largest absolute Gasteiger partial charge is 0.508 e. The van der Waals surface area contributed by atoms with Crippen molar-refractivity contribution >= 4 is 70.5 Å². The molecule has 0 bridgehead atoms. The van der Waals surface area contributed by atoms with Crippen LogP contribution >= 0.6 is 0 Å². The molecule has 1 fully saturated rings. The number of rotatable bonds is 48. The number of allylic oxidation sites excluding steroid dienone is 1. The molecule has 6 amide bonds. The molecule has 3 atom stereocenters. The van der Waals surface area contributed by atoms with E-state index in [9.17, 15) is 39.0 Å². The Labute approximate surface area is 607 Å². The number of carbonyl (C=O) groups is 6. The fourth-order valence-corrected chi connectivity index (χ4v) is 11.3. The molecular formula is C76H102N8O20. The summed E-state index contributed by atoms with van der Waals surface area (Å²) < 4.78 is 67.9. The van der Waals surface area contributed by atoms with E-state index in [2.05, 4.69) is 31.6 Å². The van der Waals surface area contributed by atoms with Gasteiger partial charge in [0.15, 0.2) is 23.0 Å². The maximum Gasteiger partial charge on any atom is 0.260 e. The van der Waals surface area contributed by atoms with Crippen LogP contribution in [0.4, 0.5) is 17.1 Å². The van der Waals surface area contributed by atoms with Gasteiger partial charge in [0.2, 0.25) is 23.6 Å². The second-order valence-electron chi connectivity index (χ2n) is 25.4. The summed E-state index contributed by atoms with van der Waals surface area (Å²) in [6.45, 7) is 12.0. The van der Waals surface area contributed by atoms with Gasteiger partial charge in [-0.25, -0.2) is 0 Å². The van der Waals surface area contributed by atoms with E-state index < -0.39 is 29.8 Å². The van der Waals surface area contributed by atoms with E-state index in [4.69, 9.17) is 61.8 Å². The average Bonchev–Trinajstić information content (AvgIpc) is 1.60. The molecule has 4 aromatic carbocycles. The Bertz CT molecular complexity index is 3560. The predicted octanol–water partition coefficient (Wildman–Crippen LogP) is 8.09. The average molecular weight is 1450 g/mol. The van der Waals surface area contributed by atoms with Gasteiger partial charge in [-0.05, 0) is 135 Å². The molecule has 4 aliphatic rings. The number of amides is 6. The number of ether oxygens (including phenoxy) is 12. The SMILES string of the molecule is COc1cc2c(cc1OCCCOc1cc3c(cc1OC)C(=O)N1C=C(C4CC4)CC1C=N3)N=CCCC(c1ccc(NC(=O)C(C)NC(=O)C(NC(=O)CCOCCOCCOCCOCCOCCOCCOCCOCCNC(=O)CCCCc3cc(O)ccc3O)C(C)C)cc1)=CNC2=O. The first-order valence-electron chi connectivity index (χ1n) is 35.8. The lowest BCUT2D eigenvalue weighted by molar-refractivity contribution is -0.132. The monoisotopic (exact) mass is 1450 g/mol. The van der Waals surface area contributed by atoms with E-state index in [1.165, 1.54) is 50.8 Å². The highest BCUT2D eigenvalue weighted by molar-refractivity contribution is 6.05. The zero-order chi connectivity index (χ0) is 73.8. The van der Waals surface area contributed by atoms with Gasteiger partial charge in [0.1, 0.15) is 23.6 Å². The number of aliphatic imine (C=N–C) groups is 2. The van der Waals surface area contributed by atoms with Crippen LogP contribution in [0.5, 0.6) is 34.5 Å². The lowest BCUT2D eigenvalue weighted by Gasteiger charge is -2.24. The number of nitrogens with one attached hydrogen (secondary N) is 5. The van der Waals surface area contributed by atoms with Crippen LogP contribution in [0.3, 0.4) is 0 Å². The van der Waals surface area contributed by atoms with Gasteiger partial charge in [0.05, 0.1) is 162 Å². The molecule has 7 N–H and O–H groups in total. The minimum Gasteiger partial charge on any atom is -0.508 e. The third-order valence-electron chi connectivity index (χ3n) is 17.2. The fourth-order valence-electron chi connectivity index (χ4n) is 11.3. The molecule has 0 aromatic heterocycles. The van der Waals surface area contributed by atoms with E-state index in [0.29, 0.717) is 201 Å². The molecule has 28 nitrogen and oxygen atoms in total. The number of fused-ring (bicyclic) bond motifs is 3. The van der Waals surface area contributed by atoms with Gasteiger partial charge in [-0.1, -0.05) is 26.0 Å². The molecule has 1 saturated carbocycles. The van der Waals surface area contributed by atoms with Crippen LogP contribution in [-0.4, -0.2) is 221 Å². The normalized spacial score (nSPS) is 15.3. The molecule has 0 saturated heterocycles. The van der Waals surface area contributed by atoms with E-state index in [-0.39, 0.29) is 79.6 Å². The first kappa shape index (κ1) is 80.7. The van der Waals surface area contributed by atoms with Crippen molar-refractivity contribution in [2.24, 2.45) is 21.8 Å². The van der Waals surface area contributed by atoms with E-state index in [1.54, 1.807) is 74.5 Å². The number of hydrogen-bond donors (Lipinski definition) is 7. The fraction of sp³-hybridized carbons (Fsp3) is 0.526. The summed E-state index contributed by atoms with van der Waals surface area (Å²) in [6.07, 6.45) is 14.3. The first-order chi connectivity index (χ1) is 50.6. The van der Waals surface area contributed by atoms with Crippen molar-refractivity contribution in [3.63, 3.8) is 0 Å². The quantitative estimate of drug-likeness (QED) is 0.0162. The number of aromatic hydroxyl groups is 2.